The molecule has 0 atom stereocenters. The highest BCUT2D eigenvalue weighted by molar-refractivity contribution is 9.10. The summed E-state index contributed by atoms with van der Waals surface area (Å²) in [7, 11) is -3.89. The summed E-state index contributed by atoms with van der Waals surface area (Å²) >= 11 is 3.36. The molecule has 9 heteroatoms. The van der Waals surface area contributed by atoms with Crippen LogP contribution >= 0.6 is 15.9 Å². The van der Waals surface area contributed by atoms with E-state index in [-0.39, 0.29) is 18.0 Å². The van der Waals surface area contributed by atoms with Crippen molar-refractivity contribution in [2.24, 2.45) is 5.10 Å². The lowest BCUT2D eigenvalue weighted by molar-refractivity contribution is -0.121. The molecule has 1 heterocycles. The number of benzene rings is 2. The average Bonchev–Trinajstić information content (AvgIpc) is 2.76. The van der Waals surface area contributed by atoms with Crippen molar-refractivity contribution >= 4 is 38.1 Å². The van der Waals surface area contributed by atoms with Gasteiger partial charge in [-0.05, 0) is 42.0 Å². The highest BCUT2D eigenvalue weighted by Crippen LogP contribution is 2.19. The van der Waals surface area contributed by atoms with Gasteiger partial charge < -0.3 is 0 Å². The molecule has 1 aromatic heterocycles. The van der Waals surface area contributed by atoms with Gasteiger partial charge in [0.05, 0.1) is 23.3 Å². The molecule has 1 N–H and O–H groups in total. The van der Waals surface area contributed by atoms with E-state index in [1.165, 1.54) is 18.3 Å². The van der Waals surface area contributed by atoms with Crippen LogP contribution in [0.2, 0.25) is 0 Å². The largest absolute Gasteiger partial charge is 0.272 e. The SMILES string of the molecule is O=C(CN(Cc1ccc(Br)cc1)S(=O)(=O)c1ccccc1)N/N=C\c1ccccn1. The summed E-state index contributed by atoms with van der Waals surface area (Å²) in [5.74, 6) is -0.557. The Hall–Kier alpha value is -2.88. The number of pyridine rings is 1. The van der Waals surface area contributed by atoms with E-state index in [4.69, 9.17) is 0 Å². The van der Waals surface area contributed by atoms with Crippen molar-refractivity contribution in [3.05, 3.63) is 94.7 Å². The zero-order chi connectivity index (χ0) is 21.4. The number of amides is 1. The second-order valence-corrected chi connectivity index (χ2v) is 9.11. The summed E-state index contributed by atoms with van der Waals surface area (Å²) in [5, 5.41) is 3.85. The summed E-state index contributed by atoms with van der Waals surface area (Å²) in [6.45, 7) is -0.339. The fraction of sp³-hybridized carbons (Fsp3) is 0.0952. The third-order valence-electron chi connectivity index (χ3n) is 4.05. The first-order valence-electron chi connectivity index (χ1n) is 8.98. The molecule has 3 rings (SSSR count). The number of carbonyl (C=O) groups excluding carboxylic acids is 1. The van der Waals surface area contributed by atoms with Crippen LogP contribution in [0, 0.1) is 0 Å². The van der Waals surface area contributed by atoms with Crippen LogP contribution in [0.5, 0.6) is 0 Å². The van der Waals surface area contributed by atoms with Crippen LogP contribution in [-0.2, 0) is 21.4 Å². The van der Waals surface area contributed by atoms with E-state index in [0.29, 0.717) is 5.69 Å². The average molecular weight is 487 g/mol. The molecule has 0 aliphatic heterocycles. The standard InChI is InChI=1S/C21H19BrN4O3S/c22-18-11-9-17(10-12-18)15-26(30(28,29)20-7-2-1-3-8-20)16-21(27)25-24-14-19-6-4-5-13-23-19/h1-14H,15-16H2,(H,25,27)/b24-14-. The fourth-order valence-electron chi connectivity index (χ4n) is 2.58. The van der Waals surface area contributed by atoms with Crippen LogP contribution in [0.15, 0.2) is 93.5 Å². The van der Waals surface area contributed by atoms with Crippen LogP contribution in [0.25, 0.3) is 0 Å². The molecule has 0 bridgehead atoms. The first-order chi connectivity index (χ1) is 14.4. The second-order valence-electron chi connectivity index (χ2n) is 6.26. The van der Waals surface area contributed by atoms with Gasteiger partial charge in [0, 0.05) is 17.2 Å². The highest BCUT2D eigenvalue weighted by Gasteiger charge is 2.26. The summed E-state index contributed by atoms with van der Waals surface area (Å²) in [5.41, 5.74) is 3.68. The van der Waals surface area contributed by atoms with Crippen LogP contribution in [0.1, 0.15) is 11.3 Å². The van der Waals surface area contributed by atoms with Crippen molar-refractivity contribution in [1.29, 1.82) is 0 Å². The van der Waals surface area contributed by atoms with Gasteiger partial charge >= 0.3 is 0 Å². The van der Waals surface area contributed by atoms with Crippen molar-refractivity contribution in [3.63, 3.8) is 0 Å². The molecule has 7 nitrogen and oxygen atoms in total. The lowest BCUT2D eigenvalue weighted by Crippen LogP contribution is -2.39. The molecule has 0 aliphatic carbocycles. The molecular formula is C21H19BrN4O3S. The summed E-state index contributed by atoms with van der Waals surface area (Å²) in [4.78, 5) is 16.6. The second kappa shape index (κ2) is 10.2. The zero-order valence-corrected chi connectivity index (χ0v) is 18.3. The summed E-state index contributed by atoms with van der Waals surface area (Å²) in [6.07, 6.45) is 3.00. The number of nitrogens with zero attached hydrogens (tertiary/aromatic N) is 3. The van der Waals surface area contributed by atoms with Gasteiger partial charge in [0.25, 0.3) is 5.91 Å². The number of hydrogen-bond donors (Lipinski definition) is 1. The van der Waals surface area contributed by atoms with Gasteiger partial charge in [-0.25, -0.2) is 13.8 Å². The Morgan fingerprint density at radius 1 is 1.03 bits per heavy atom. The minimum atomic E-state index is -3.89. The minimum Gasteiger partial charge on any atom is -0.272 e. The number of halogens is 1. The maximum Gasteiger partial charge on any atom is 0.255 e. The van der Waals surface area contributed by atoms with E-state index in [2.05, 4.69) is 31.4 Å². The number of nitrogens with one attached hydrogen (secondary N) is 1. The molecule has 0 saturated carbocycles. The number of sulfonamides is 1. The highest BCUT2D eigenvalue weighted by atomic mass is 79.9. The van der Waals surface area contributed by atoms with E-state index in [0.717, 1.165) is 14.3 Å². The van der Waals surface area contributed by atoms with Gasteiger partial charge in [-0.15, -0.1) is 0 Å². The summed E-state index contributed by atoms with van der Waals surface area (Å²) in [6, 6.07) is 20.6. The molecular weight excluding hydrogens is 468 g/mol. The number of hydrazone groups is 1. The van der Waals surface area contributed by atoms with Crippen molar-refractivity contribution in [2.75, 3.05) is 6.54 Å². The molecule has 154 valence electrons. The van der Waals surface area contributed by atoms with Gasteiger partial charge in [-0.3, -0.25) is 9.78 Å². The molecule has 0 aliphatic rings. The molecule has 3 aromatic rings. The normalized spacial score (nSPS) is 11.7. The van der Waals surface area contributed by atoms with Crippen LogP contribution in [-0.4, -0.2) is 36.4 Å². The Bertz CT molecular complexity index is 1110. The molecule has 0 unspecified atom stereocenters. The molecule has 0 spiro atoms. The first-order valence-corrected chi connectivity index (χ1v) is 11.2. The smallest absolute Gasteiger partial charge is 0.255 e. The van der Waals surface area contributed by atoms with Gasteiger partial charge in [0.15, 0.2) is 0 Å². The van der Waals surface area contributed by atoms with E-state index >= 15 is 0 Å². The third kappa shape index (κ3) is 6.06. The van der Waals surface area contributed by atoms with Gasteiger partial charge in [0.2, 0.25) is 10.0 Å². The Morgan fingerprint density at radius 3 is 2.40 bits per heavy atom. The fourth-order valence-corrected chi connectivity index (χ4v) is 4.25. The van der Waals surface area contributed by atoms with Crippen LogP contribution < -0.4 is 5.43 Å². The van der Waals surface area contributed by atoms with E-state index in [1.54, 1.807) is 54.7 Å². The summed E-state index contributed by atoms with van der Waals surface area (Å²) < 4.78 is 28.2. The maximum atomic E-state index is 13.1. The lowest BCUT2D eigenvalue weighted by atomic mass is 10.2. The van der Waals surface area contributed by atoms with Crippen molar-refractivity contribution in [3.8, 4) is 0 Å². The van der Waals surface area contributed by atoms with E-state index in [1.807, 2.05) is 12.1 Å². The van der Waals surface area contributed by atoms with Crippen LogP contribution in [0.4, 0.5) is 0 Å². The van der Waals surface area contributed by atoms with Gasteiger partial charge in [-0.2, -0.15) is 9.41 Å². The molecule has 1 amide bonds. The van der Waals surface area contributed by atoms with Crippen molar-refractivity contribution < 1.29 is 13.2 Å². The monoisotopic (exact) mass is 486 g/mol. The van der Waals surface area contributed by atoms with E-state index < -0.39 is 15.9 Å². The lowest BCUT2D eigenvalue weighted by Gasteiger charge is -2.21. The quantitative estimate of drug-likeness (QED) is 0.390. The molecule has 2 aromatic carbocycles. The maximum absolute atomic E-state index is 13.1. The topological polar surface area (TPSA) is 91.7 Å². The van der Waals surface area contributed by atoms with Gasteiger partial charge in [-0.1, -0.05) is 52.3 Å². The minimum absolute atomic E-state index is 0.0435. The number of aromatic nitrogens is 1. The number of hydrogen-bond acceptors (Lipinski definition) is 5. The molecule has 0 fully saturated rings. The Morgan fingerprint density at radius 2 is 1.73 bits per heavy atom. The van der Waals surface area contributed by atoms with Crippen molar-refractivity contribution in [1.82, 2.24) is 14.7 Å². The van der Waals surface area contributed by atoms with Gasteiger partial charge in [0.1, 0.15) is 0 Å². The molecule has 0 saturated heterocycles. The Kier molecular flexibility index (Phi) is 7.45. The van der Waals surface area contributed by atoms with E-state index in [9.17, 15) is 13.2 Å². The molecule has 0 radical (unpaired) electrons. The predicted molar refractivity (Wildman–Crippen MR) is 118 cm³/mol. The van der Waals surface area contributed by atoms with Crippen LogP contribution in [0.3, 0.4) is 0 Å². The number of carbonyl (C=O) groups is 1. The predicted octanol–water partition coefficient (Wildman–Crippen LogP) is 3.19. The molecule has 30 heavy (non-hydrogen) atoms. The number of rotatable bonds is 8. The van der Waals surface area contributed by atoms with Crippen molar-refractivity contribution in [2.45, 2.75) is 11.4 Å². The zero-order valence-electron chi connectivity index (χ0n) is 15.8. The Balaban J connectivity index is 1.77. The first kappa shape index (κ1) is 21.8. The Labute approximate surface area is 183 Å². The third-order valence-corrected chi connectivity index (χ3v) is 6.38.